The highest BCUT2D eigenvalue weighted by Crippen LogP contribution is 2.33. The molecule has 2 aromatic carbocycles. The number of hydrogen-bond donors (Lipinski definition) is 1. The van der Waals surface area contributed by atoms with Crippen LogP contribution in [0.4, 0.5) is 24.3 Å². The molecular formula is C30H32F3N5O5S. The van der Waals surface area contributed by atoms with Crippen LogP contribution in [-0.2, 0) is 21.4 Å². The highest BCUT2D eigenvalue weighted by Gasteiger charge is 2.32. The minimum Gasteiger partial charge on any atom is -0.460 e. The van der Waals surface area contributed by atoms with Gasteiger partial charge in [0.1, 0.15) is 11.4 Å². The topological polar surface area (TPSA) is 116 Å². The van der Waals surface area contributed by atoms with Crippen molar-refractivity contribution in [2.45, 2.75) is 58.4 Å². The lowest BCUT2D eigenvalue weighted by molar-refractivity contribution is -0.274. The molecule has 1 fully saturated rings. The number of nitrogens with one attached hydrogen (secondary N) is 1. The molecule has 0 radical (unpaired) electrons. The van der Waals surface area contributed by atoms with E-state index in [1.165, 1.54) is 18.2 Å². The van der Waals surface area contributed by atoms with Crippen molar-refractivity contribution in [1.29, 1.82) is 0 Å². The number of esters is 1. The van der Waals surface area contributed by atoms with Crippen LogP contribution < -0.4 is 10.1 Å². The second-order valence-corrected chi connectivity index (χ2v) is 12.7. The number of likely N-dealkylation sites (tertiary alicyclic amines) is 1. The Morgan fingerprint density at radius 3 is 2.41 bits per heavy atom. The molecule has 5 rings (SSSR count). The van der Waals surface area contributed by atoms with Crippen molar-refractivity contribution in [2.24, 2.45) is 13.0 Å². The molecule has 1 aliphatic rings. The molecule has 2 aromatic heterocycles. The number of imidazole rings is 1. The van der Waals surface area contributed by atoms with Crippen molar-refractivity contribution in [1.82, 2.24) is 19.4 Å². The minimum absolute atomic E-state index is 0.0417. The fourth-order valence-corrected chi connectivity index (χ4v) is 5.90. The number of nitrogens with zero attached hydrogens (tertiary/aromatic N) is 4. The minimum atomic E-state index is -4.79. The summed E-state index contributed by atoms with van der Waals surface area (Å²) in [6.07, 6.45) is -3.61. The fraction of sp³-hybridized carbons (Fsp3) is 0.433. The van der Waals surface area contributed by atoms with Crippen LogP contribution in [0.15, 0.2) is 36.4 Å². The Morgan fingerprint density at radius 2 is 1.73 bits per heavy atom. The lowest BCUT2D eigenvalue weighted by Crippen LogP contribution is -2.41. The first kappa shape index (κ1) is 31.2. The average molecular weight is 632 g/mol. The average Bonchev–Trinajstić information content (AvgIpc) is 3.48. The first-order valence-electron chi connectivity index (χ1n) is 14.1. The molecule has 4 aromatic rings. The maximum Gasteiger partial charge on any atom is 0.573 e. The molecule has 1 saturated heterocycles. The van der Waals surface area contributed by atoms with Crippen molar-refractivity contribution in [3.8, 4) is 5.75 Å². The Labute approximate surface area is 255 Å². The number of alkyl halides is 3. The van der Waals surface area contributed by atoms with E-state index in [-0.39, 0.29) is 42.2 Å². The van der Waals surface area contributed by atoms with E-state index in [9.17, 15) is 27.6 Å². The van der Waals surface area contributed by atoms with Crippen molar-refractivity contribution >= 4 is 61.3 Å². The predicted molar refractivity (Wildman–Crippen MR) is 159 cm³/mol. The lowest BCUT2D eigenvalue weighted by Gasteiger charge is -2.32. The van der Waals surface area contributed by atoms with E-state index in [1.807, 2.05) is 20.8 Å². The number of piperidine rings is 1. The van der Waals surface area contributed by atoms with Crippen molar-refractivity contribution in [3.05, 3.63) is 42.0 Å². The summed E-state index contributed by atoms with van der Waals surface area (Å²) in [6.45, 7) is 6.37. The molecule has 14 heteroatoms. The lowest BCUT2D eigenvalue weighted by atomic mass is 9.96. The Bertz CT molecular complexity index is 1720. The van der Waals surface area contributed by atoms with E-state index in [0.29, 0.717) is 58.3 Å². The molecule has 0 saturated carbocycles. The van der Waals surface area contributed by atoms with Crippen LogP contribution in [0, 0.1) is 5.92 Å². The van der Waals surface area contributed by atoms with E-state index < -0.39 is 12.0 Å². The molecule has 1 aliphatic heterocycles. The molecule has 0 spiro atoms. The molecule has 44 heavy (non-hydrogen) atoms. The maximum atomic E-state index is 13.0. The first-order valence-corrected chi connectivity index (χ1v) is 14.9. The molecule has 0 atom stereocenters. The van der Waals surface area contributed by atoms with E-state index >= 15 is 0 Å². The SMILES string of the molecule is Cn1c(Nc2nc3ccc(OC(F)(F)F)cc3s2)nc2cc(C(=O)CCC(=O)N3CCC(C(=O)OC(C)(C)C)CC3)ccc21. The fourth-order valence-electron chi connectivity index (χ4n) is 5.01. The summed E-state index contributed by atoms with van der Waals surface area (Å²) in [7, 11) is 1.78. The summed E-state index contributed by atoms with van der Waals surface area (Å²) in [5.74, 6) is -0.683. The van der Waals surface area contributed by atoms with Crippen molar-refractivity contribution in [2.75, 3.05) is 18.4 Å². The molecule has 0 aliphatic carbocycles. The van der Waals surface area contributed by atoms with E-state index in [0.717, 1.165) is 16.9 Å². The van der Waals surface area contributed by atoms with E-state index in [1.54, 1.807) is 34.7 Å². The molecule has 3 heterocycles. The third kappa shape index (κ3) is 7.47. The number of carbonyl (C=O) groups is 3. The molecule has 0 unspecified atom stereocenters. The van der Waals surface area contributed by atoms with Gasteiger partial charge in [0.05, 0.1) is 27.2 Å². The molecule has 0 bridgehead atoms. The number of carbonyl (C=O) groups excluding carboxylic acids is 3. The zero-order valence-electron chi connectivity index (χ0n) is 24.7. The number of fused-ring (bicyclic) bond motifs is 2. The van der Waals surface area contributed by atoms with Gasteiger partial charge in [0.15, 0.2) is 10.9 Å². The van der Waals surface area contributed by atoms with Gasteiger partial charge in [-0.15, -0.1) is 13.2 Å². The van der Waals surface area contributed by atoms with Crippen molar-refractivity contribution < 1.29 is 37.0 Å². The Morgan fingerprint density at radius 1 is 1.00 bits per heavy atom. The summed E-state index contributed by atoms with van der Waals surface area (Å²) in [4.78, 5) is 48.8. The number of amides is 1. The van der Waals surface area contributed by atoms with Crippen LogP contribution >= 0.6 is 11.3 Å². The van der Waals surface area contributed by atoms with Crippen LogP contribution in [0.2, 0.25) is 0 Å². The Hall–Kier alpha value is -4.20. The van der Waals surface area contributed by atoms with Gasteiger partial charge in [0, 0.05) is 44.6 Å². The second kappa shape index (κ2) is 12.1. The highest BCUT2D eigenvalue weighted by molar-refractivity contribution is 7.22. The summed E-state index contributed by atoms with van der Waals surface area (Å²) < 4.78 is 49.5. The number of thiazole rings is 1. The van der Waals surface area contributed by atoms with Gasteiger partial charge in [0.2, 0.25) is 11.9 Å². The van der Waals surface area contributed by atoms with Gasteiger partial charge < -0.3 is 24.3 Å². The number of hydrogen-bond acceptors (Lipinski definition) is 9. The van der Waals surface area contributed by atoms with Gasteiger partial charge in [-0.2, -0.15) is 0 Å². The number of aryl methyl sites for hydroxylation is 1. The number of benzene rings is 2. The summed E-state index contributed by atoms with van der Waals surface area (Å²) in [6, 6.07) is 9.04. The van der Waals surface area contributed by atoms with E-state index in [4.69, 9.17) is 4.74 Å². The highest BCUT2D eigenvalue weighted by atomic mass is 32.1. The Balaban J connectivity index is 1.18. The van der Waals surface area contributed by atoms with Gasteiger partial charge in [0.25, 0.3) is 0 Å². The second-order valence-electron chi connectivity index (χ2n) is 11.6. The molecular weight excluding hydrogens is 599 g/mol. The van der Waals surface area contributed by atoms with E-state index in [2.05, 4.69) is 20.0 Å². The standard InChI is InChI=1S/C30H32F3N5O5S/c1-29(2,3)43-26(41)17-11-13-38(14-12-17)25(40)10-9-23(39)18-5-8-22-21(15-18)34-27(37(22)4)36-28-35-20-7-6-19(16-24(20)44-28)42-30(31,32)33/h5-8,15-17H,9-14H2,1-4H3,(H,34,35,36). The van der Waals surface area contributed by atoms with Crippen LogP contribution in [0.25, 0.3) is 21.3 Å². The summed E-state index contributed by atoms with van der Waals surface area (Å²) in [5.41, 5.74) is 1.67. The quantitative estimate of drug-likeness (QED) is 0.176. The maximum absolute atomic E-state index is 13.0. The zero-order chi connectivity index (χ0) is 31.8. The van der Waals surface area contributed by atoms with Crippen LogP contribution in [0.5, 0.6) is 5.75 Å². The first-order chi connectivity index (χ1) is 20.6. The molecule has 1 N–H and O–H groups in total. The van der Waals surface area contributed by atoms with Crippen LogP contribution in [0.3, 0.4) is 0 Å². The molecule has 1 amide bonds. The third-order valence-corrected chi connectivity index (χ3v) is 8.10. The number of Topliss-reactive ketones (excluding diaryl/α,β-unsaturated/α-hetero) is 1. The van der Waals surface area contributed by atoms with Crippen LogP contribution in [0.1, 0.15) is 56.8 Å². The zero-order valence-corrected chi connectivity index (χ0v) is 25.5. The predicted octanol–water partition coefficient (Wildman–Crippen LogP) is 6.37. The number of halogens is 3. The normalized spacial score (nSPS) is 14.7. The number of ketones is 1. The number of anilines is 2. The van der Waals surface area contributed by atoms with Gasteiger partial charge in [-0.1, -0.05) is 11.3 Å². The summed E-state index contributed by atoms with van der Waals surface area (Å²) in [5, 5.41) is 3.52. The Kier molecular flexibility index (Phi) is 8.56. The number of ether oxygens (including phenoxy) is 2. The largest absolute Gasteiger partial charge is 0.573 e. The molecule has 10 nitrogen and oxygen atoms in total. The number of rotatable bonds is 8. The van der Waals surface area contributed by atoms with Crippen LogP contribution in [-0.4, -0.2) is 62.1 Å². The smallest absolute Gasteiger partial charge is 0.460 e. The van der Waals surface area contributed by atoms with Gasteiger partial charge in [-0.05, 0) is 63.9 Å². The summed E-state index contributed by atoms with van der Waals surface area (Å²) >= 11 is 1.15. The van der Waals surface area contributed by atoms with Gasteiger partial charge in [-0.25, -0.2) is 9.97 Å². The monoisotopic (exact) mass is 631 g/mol. The third-order valence-electron chi connectivity index (χ3n) is 7.17. The number of aromatic nitrogens is 3. The molecule has 234 valence electrons. The van der Waals surface area contributed by atoms with Gasteiger partial charge >= 0.3 is 12.3 Å². The van der Waals surface area contributed by atoms with Crippen molar-refractivity contribution in [3.63, 3.8) is 0 Å². The van der Waals surface area contributed by atoms with Gasteiger partial charge in [-0.3, -0.25) is 14.4 Å².